The highest BCUT2D eigenvalue weighted by Gasteiger charge is 2.31. The maximum absolute atomic E-state index is 13.1. The van der Waals surface area contributed by atoms with E-state index in [9.17, 15) is 36.1 Å². The van der Waals surface area contributed by atoms with Crippen LogP contribution in [0.5, 0.6) is 0 Å². The van der Waals surface area contributed by atoms with Gasteiger partial charge in [-0.3, -0.25) is 14.9 Å². The molecule has 190 valence electrons. The third-order valence-electron chi connectivity index (χ3n) is 5.39. The van der Waals surface area contributed by atoms with Crippen LogP contribution in [-0.2, 0) is 24.8 Å². The first kappa shape index (κ1) is 26.5. The Morgan fingerprint density at radius 2 is 1.60 bits per heavy atom. The quantitative estimate of drug-likeness (QED) is 0.386. The van der Waals surface area contributed by atoms with Gasteiger partial charge in [-0.25, -0.2) is 25.9 Å². The number of carbonyl (C=O) groups is 1. The van der Waals surface area contributed by atoms with Crippen LogP contribution in [0.25, 0.3) is 0 Å². The minimum atomic E-state index is -4.22. The predicted molar refractivity (Wildman–Crippen MR) is 124 cm³/mol. The van der Waals surface area contributed by atoms with E-state index in [1.807, 2.05) is 0 Å². The van der Waals surface area contributed by atoms with Crippen LogP contribution in [-0.4, -0.2) is 83.7 Å². The molecule has 0 unspecified atom stereocenters. The van der Waals surface area contributed by atoms with Gasteiger partial charge in [0.2, 0.25) is 26.0 Å². The van der Waals surface area contributed by atoms with Gasteiger partial charge in [0.1, 0.15) is 11.5 Å². The zero-order valence-electron chi connectivity index (χ0n) is 18.9. The lowest BCUT2D eigenvalue weighted by atomic mass is 10.2. The van der Waals surface area contributed by atoms with Gasteiger partial charge in [-0.2, -0.15) is 4.31 Å². The van der Waals surface area contributed by atoms with Crippen LogP contribution in [0.4, 0.5) is 15.8 Å². The van der Waals surface area contributed by atoms with Gasteiger partial charge in [-0.05, 0) is 36.4 Å². The summed E-state index contributed by atoms with van der Waals surface area (Å²) in [5.74, 6) is -1.14. The summed E-state index contributed by atoms with van der Waals surface area (Å²) in [4.78, 5) is 25.5. The van der Waals surface area contributed by atoms with Gasteiger partial charge >= 0.3 is 0 Å². The fourth-order valence-corrected chi connectivity index (χ4v) is 5.90. The van der Waals surface area contributed by atoms with Crippen LogP contribution in [0.15, 0.2) is 52.3 Å². The number of piperazine rings is 1. The van der Waals surface area contributed by atoms with Crippen molar-refractivity contribution in [1.29, 1.82) is 0 Å². The summed E-state index contributed by atoms with van der Waals surface area (Å²) in [6, 6.07) is 7.83. The van der Waals surface area contributed by atoms with Crippen molar-refractivity contribution >= 4 is 37.3 Å². The van der Waals surface area contributed by atoms with Crippen LogP contribution in [0.3, 0.4) is 0 Å². The van der Waals surface area contributed by atoms with Crippen molar-refractivity contribution in [3.05, 3.63) is 58.4 Å². The van der Waals surface area contributed by atoms with Crippen LogP contribution in [0, 0.1) is 15.9 Å². The Morgan fingerprint density at radius 3 is 2.14 bits per heavy atom. The second-order valence-electron chi connectivity index (χ2n) is 7.87. The molecule has 35 heavy (non-hydrogen) atoms. The number of hydrogen-bond donors (Lipinski definition) is 1. The summed E-state index contributed by atoms with van der Waals surface area (Å²) in [5, 5.41) is 11.3. The molecule has 0 aromatic heterocycles. The molecule has 2 aromatic rings. The summed E-state index contributed by atoms with van der Waals surface area (Å²) in [6.07, 6.45) is 0. The molecular formula is C20H24FN5O7S2. The SMILES string of the molecule is CN(C)c1ccc(S(=O)(=O)NCC(=O)N2CCN(S(=O)(=O)c3ccc(F)cc3)CC2)cc1[N+](=O)[O-]. The molecule has 0 radical (unpaired) electrons. The number of carbonyl (C=O) groups excluding carboxylic acids is 1. The van der Waals surface area contributed by atoms with E-state index < -0.39 is 48.9 Å². The maximum Gasteiger partial charge on any atom is 0.293 e. The zero-order valence-corrected chi connectivity index (χ0v) is 20.6. The van der Waals surface area contributed by atoms with E-state index in [0.29, 0.717) is 0 Å². The summed E-state index contributed by atoms with van der Waals surface area (Å²) in [7, 11) is -4.92. The second kappa shape index (κ2) is 10.2. The number of benzene rings is 2. The van der Waals surface area contributed by atoms with Crippen LogP contribution in [0.1, 0.15) is 0 Å². The molecular weight excluding hydrogens is 505 g/mol. The molecule has 0 atom stereocenters. The Bertz CT molecular complexity index is 1320. The van der Waals surface area contributed by atoms with Crippen molar-refractivity contribution in [1.82, 2.24) is 13.9 Å². The summed E-state index contributed by atoms with van der Waals surface area (Å²) >= 11 is 0. The minimum absolute atomic E-state index is 0.0175. The number of nitrogens with zero attached hydrogens (tertiary/aromatic N) is 4. The Kier molecular flexibility index (Phi) is 7.74. The zero-order chi connectivity index (χ0) is 26.0. The molecule has 1 saturated heterocycles. The average molecular weight is 530 g/mol. The van der Waals surface area contributed by atoms with E-state index in [2.05, 4.69) is 4.72 Å². The van der Waals surface area contributed by atoms with E-state index in [1.54, 1.807) is 14.1 Å². The highest BCUT2D eigenvalue weighted by molar-refractivity contribution is 7.89. The highest BCUT2D eigenvalue weighted by Crippen LogP contribution is 2.29. The van der Waals surface area contributed by atoms with Gasteiger partial charge < -0.3 is 9.80 Å². The number of nitrogens with one attached hydrogen (secondary N) is 1. The molecule has 0 bridgehead atoms. The van der Waals surface area contributed by atoms with E-state index in [4.69, 9.17) is 0 Å². The average Bonchev–Trinajstić information content (AvgIpc) is 2.82. The molecule has 0 spiro atoms. The monoisotopic (exact) mass is 529 g/mol. The summed E-state index contributed by atoms with van der Waals surface area (Å²) in [6.45, 7) is -0.572. The smallest absolute Gasteiger partial charge is 0.293 e. The van der Waals surface area contributed by atoms with E-state index in [0.717, 1.165) is 30.3 Å². The maximum atomic E-state index is 13.1. The van der Waals surface area contributed by atoms with Gasteiger partial charge in [0.05, 0.1) is 21.3 Å². The Hall–Kier alpha value is -3.14. The molecule has 0 aliphatic carbocycles. The van der Waals surface area contributed by atoms with Gasteiger partial charge in [-0.1, -0.05) is 0 Å². The molecule has 2 aromatic carbocycles. The standard InChI is InChI=1S/C20H24FN5O7S2/c1-23(2)18-8-7-17(13-19(18)26(28)29)34(30,31)22-14-20(27)24-9-11-25(12-10-24)35(32,33)16-5-3-15(21)4-6-16/h3-8,13,22H,9-12,14H2,1-2H3. The van der Waals surface area contributed by atoms with Crippen molar-refractivity contribution in [2.75, 3.05) is 51.7 Å². The van der Waals surface area contributed by atoms with Gasteiger partial charge in [0, 0.05) is 46.3 Å². The van der Waals surface area contributed by atoms with Crippen molar-refractivity contribution < 1.29 is 30.9 Å². The van der Waals surface area contributed by atoms with Gasteiger partial charge in [-0.15, -0.1) is 0 Å². The lowest BCUT2D eigenvalue weighted by molar-refractivity contribution is -0.384. The number of hydrogen-bond acceptors (Lipinski definition) is 8. The van der Waals surface area contributed by atoms with E-state index >= 15 is 0 Å². The fraction of sp³-hybridized carbons (Fsp3) is 0.350. The van der Waals surface area contributed by atoms with Crippen LogP contribution in [0.2, 0.25) is 0 Å². The molecule has 1 amide bonds. The number of rotatable bonds is 8. The molecule has 1 aliphatic rings. The van der Waals surface area contributed by atoms with Gasteiger partial charge in [0.25, 0.3) is 5.69 Å². The number of nitro benzene ring substituents is 1. The molecule has 1 aliphatic heterocycles. The first-order valence-corrected chi connectivity index (χ1v) is 13.2. The normalized spacial score (nSPS) is 15.1. The van der Waals surface area contributed by atoms with E-state index in [-0.39, 0.29) is 41.7 Å². The number of amides is 1. The van der Waals surface area contributed by atoms with Crippen molar-refractivity contribution in [3.8, 4) is 0 Å². The molecule has 3 rings (SSSR count). The second-order valence-corrected chi connectivity index (χ2v) is 11.6. The Labute approximate surface area is 202 Å². The number of halogens is 1. The largest absolute Gasteiger partial charge is 0.372 e. The lowest BCUT2D eigenvalue weighted by Gasteiger charge is -2.34. The number of nitro groups is 1. The fourth-order valence-electron chi connectivity index (χ4n) is 3.48. The summed E-state index contributed by atoms with van der Waals surface area (Å²) in [5.41, 5.74) is -0.179. The number of anilines is 1. The Balaban J connectivity index is 1.62. The van der Waals surface area contributed by atoms with Crippen molar-refractivity contribution in [3.63, 3.8) is 0 Å². The lowest BCUT2D eigenvalue weighted by Crippen LogP contribution is -2.52. The van der Waals surface area contributed by atoms with Crippen LogP contribution < -0.4 is 9.62 Å². The first-order chi connectivity index (χ1) is 16.3. The van der Waals surface area contributed by atoms with Crippen molar-refractivity contribution in [2.24, 2.45) is 0 Å². The van der Waals surface area contributed by atoms with E-state index in [1.165, 1.54) is 26.2 Å². The Morgan fingerprint density at radius 1 is 1.03 bits per heavy atom. The number of sulfonamides is 2. The molecule has 1 N–H and O–H groups in total. The molecule has 0 saturated carbocycles. The topological polar surface area (TPSA) is 150 Å². The highest BCUT2D eigenvalue weighted by atomic mass is 32.2. The molecule has 12 nitrogen and oxygen atoms in total. The molecule has 1 fully saturated rings. The third-order valence-corrected chi connectivity index (χ3v) is 8.70. The third kappa shape index (κ3) is 5.93. The molecule has 15 heteroatoms. The molecule has 1 heterocycles. The summed E-state index contributed by atoms with van der Waals surface area (Å²) < 4.78 is 67.0. The first-order valence-electron chi connectivity index (χ1n) is 10.3. The van der Waals surface area contributed by atoms with Crippen LogP contribution >= 0.6 is 0 Å². The van der Waals surface area contributed by atoms with Gasteiger partial charge in [0.15, 0.2) is 0 Å². The van der Waals surface area contributed by atoms with Crippen molar-refractivity contribution in [2.45, 2.75) is 9.79 Å². The predicted octanol–water partition coefficient (Wildman–Crippen LogP) is 0.611. The minimum Gasteiger partial charge on any atom is -0.372 e.